The van der Waals surface area contributed by atoms with E-state index in [1.54, 1.807) is 6.26 Å². The summed E-state index contributed by atoms with van der Waals surface area (Å²) in [5.74, 6) is 0.828. The Kier molecular flexibility index (Phi) is 4.12. The molecule has 0 fully saturated rings. The van der Waals surface area contributed by atoms with Gasteiger partial charge in [0.15, 0.2) is 0 Å². The first-order chi connectivity index (χ1) is 7.38. The highest BCUT2D eigenvalue weighted by Gasteiger charge is 2.15. The number of hydrogen-bond donors (Lipinski definition) is 2. The number of furan rings is 1. The Bertz CT molecular complexity index is 325. The molecule has 1 atom stereocenters. The first-order valence-electron chi connectivity index (χ1n) is 5.46. The minimum absolute atomic E-state index is 0.00842. The highest BCUT2D eigenvalue weighted by molar-refractivity contribution is 5.78. The lowest BCUT2D eigenvalue weighted by molar-refractivity contribution is -0.121. The van der Waals surface area contributed by atoms with Crippen LogP contribution in [0.25, 0.3) is 0 Å². The summed E-state index contributed by atoms with van der Waals surface area (Å²) in [6.45, 7) is 8.13. The monoisotopic (exact) mass is 224 g/mol. The topological polar surface area (TPSA) is 54.3 Å². The van der Waals surface area contributed by atoms with Crippen molar-refractivity contribution < 1.29 is 9.21 Å². The van der Waals surface area contributed by atoms with E-state index in [2.05, 4.69) is 10.6 Å². The van der Waals surface area contributed by atoms with Gasteiger partial charge in [-0.2, -0.15) is 0 Å². The van der Waals surface area contributed by atoms with Crippen molar-refractivity contribution in [2.24, 2.45) is 0 Å². The molecule has 0 radical (unpaired) electrons. The van der Waals surface area contributed by atoms with E-state index in [1.165, 1.54) is 0 Å². The Morgan fingerprint density at radius 1 is 1.50 bits per heavy atom. The Morgan fingerprint density at radius 2 is 2.19 bits per heavy atom. The van der Waals surface area contributed by atoms with Crippen LogP contribution in [-0.4, -0.2) is 18.0 Å². The lowest BCUT2D eigenvalue weighted by Crippen LogP contribution is -2.45. The maximum absolute atomic E-state index is 11.5. The number of amides is 1. The van der Waals surface area contributed by atoms with Crippen LogP contribution in [0.2, 0.25) is 0 Å². The van der Waals surface area contributed by atoms with Gasteiger partial charge in [-0.3, -0.25) is 10.1 Å². The van der Waals surface area contributed by atoms with E-state index in [0.29, 0.717) is 6.54 Å². The van der Waals surface area contributed by atoms with Crippen molar-refractivity contribution in [2.75, 3.05) is 6.54 Å². The molecule has 4 nitrogen and oxygen atoms in total. The second kappa shape index (κ2) is 5.16. The summed E-state index contributed by atoms with van der Waals surface area (Å²) in [6, 6.07) is 3.77. The number of carbonyl (C=O) groups is 1. The molecule has 1 amide bonds. The molecule has 0 aliphatic heterocycles. The first kappa shape index (κ1) is 12.8. The number of nitrogens with one attached hydrogen (secondary N) is 2. The highest BCUT2D eigenvalue weighted by Crippen LogP contribution is 2.11. The minimum atomic E-state index is -0.188. The summed E-state index contributed by atoms with van der Waals surface area (Å²) in [5, 5.41) is 5.99. The van der Waals surface area contributed by atoms with Gasteiger partial charge in [0.1, 0.15) is 5.76 Å². The molecule has 0 saturated carbocycles. The molecule has 0 bridgehead atoms. The van der Waals surface area contributed by atoms with E-state index in [9.17, 15) is 4.79 Å². The number of hydrogen-bond acceptors (Lipinski definition) is 3. The van der Waals surface area contributed by atoms with Crippen molar-refractivity contribution >= 4 is 5.91 Å². The van der Waals surface area contributed by atoms with Gasteiger partial charge in [0.25, 0.3) is 0 Å². The maximum atomic E-state index is 11.5. The lowest BCUT2D eigenvalue weighted by atomic mass is 10.1. The molecule has 0 spiro atoms. The Balaban J connectivity index is 2.32. The average Bonchev–Trinajstić information content (AvgIpc) is 2.64. The predicted molar refractivity (Wildman–Crippen MR) is 63.0 cm³/mol. The zero-order valence-electron chi connectivity index (χ0n) is 10.3. The summed E-state index contributed by atoms with van der Waals surface area (Å²) in [4.78, 5) is 11.5. The highest BCUT2D eigenvalue weighted by atomic mass is 16.3. The SMILES string of the molecule is CC(NCC(=O)NC(C)(C)C)c1ccco1. The van der Waals surface area contributed by atoms with Gasteiger partial charge >= 0.3 is 0 Å². The number of rotatable bonds is 4. The molecule has 2 N–H and O–H groups in total. The quantitative estimate of drug-likeness (QED) is 0.820. The fraction of sp³-hybridized carbons (Fsp3) is 0.583. The Morgan fingerprint density at radius 3 is 2.69 bits per heavy atom. The molecule has 0 aromatic carbocycles. The molecule has 1 unspecified atom stereocenters. The molecular formula is C12H20N2O2. The van der Waals surface area contributed by atoms with Crippen LogP contribution in [0.1, 0.15) is 39.5 Å². The molecule has 16 heavy (non-hydrogen) atoms. The van der Waals surface area contributed by atoms with Crippen LogP contribution in [0.5, 0.6) is 0 Å². The smallest absolute Gasteiger partial charge is 0.234 e. The molecule has 90 valence electrons. The van der Waals surface area contributed by atoms with E-state index in [-0.39, 0.29) is 17.5 Å². The standard InChI is InChI=1S/C12H20N2O2/c1-9(10-6-5-7-16-10)13-8-11(15)14-12(2,3)4/h5-7,9,13H,8H2,1-4H3,(H,14,15). The van der Waals surface area contributed by atoms with Crippen molar-refractivity contribution in [1.29, 1.82) is 0 Å². The fourth-order valence-corrected chi connectivity index (χ4v) is 1.35. The van der Waals surface area contributed by atoms with Crippen LogP contribution >= 0.6 is 0 Å². The van der Waals surface area contributed by atoms with Crippen molar-refractivity contribution in [3.63, 3.8) is 0 Å². The first-order valence-corrected chi connectivity index (χ1v) is 5.46. The van der Waals surface area contributed by atoms with Gasteiger partial charge in [-0.05, 0) is 39.8 Å². The van der Waals surface area contributed by atoms with Gasteiger partial charge in [0.2, 0.25) is 5.91 Å². The average molecular weight is 224 g/mol. The zero-order chi connectivity index (χ0) is 12.2. The molecule has 1 aromatic rings. The van der Waals surface area contributed by atoms with Crippen LogP contribution < -0.4 is 10.6 Å². The van der Waals surface area contributed by atoms with Crippen molar-refractivity contribution in [1.82, 2.24) is 10.6 Å². The third kappa shape index (κ3) is 4.49. The largest absolute Gasteiger partial charge is 0.468 e. The van der Waals surface area contributed by atoms with E-state index >= 15 is 0 Å². The molecule has 0 saturated heterocycles. The third-order valence-corrected chi connectivity index (χ3v) is 2.05. The van der Waals surface area contributed by atoms with Gasteiger partial charge in [0, 0.05) is 5.54 Å². The van der Waals surface area contributed by atoms with E-state index in [1.807, 2.05) is 39.8 Å². The summed E-state index contributed by atoms with van der Waals surface area (Å²) >= 11 is 0. The third-order valence-electron chi connectivity index (χ3n) is 2.05. The van der Waals surface area contributed by atoms with E-state index in [4.69, 9.17) is 4.42 Å². The molecule has 1 rings (SSSR count). The van der Waals surface area contributed by atoms with Gasteiger partial charge in [0.05, 0.1) is 18.8 Å². The summed E-state index contributed by atoms with van der Waals surface area (Å²) < 4.78 is 5.23. The van der Waals surface area contributed by atoms with Gasteiger partial charge in [-0.25, -0.2) is 0 Å². The lowest BCUT2D eigenvalue weighted by Gasteiger charge is -2.21. The van der Waals surface area contributed by atoms with Crippen molar-refractivity contribution in [3.05, 3.63) is 24.2 Å². The van der Waals surface area contributed by atoms with Crippen LogP contribution in [-0.2, 0) is 4.79 Å². The zero-order valence-corrected chi connectivity index (χ0v) is 10.3. The number of carbonyl (C=O) groups excluding carboxylic acids is 1. The Hall–Kier alpha value is -1.29. The van der Waals surface area contributed by atoms with Gasteiger partial charge in [-0.15, -0.1) is 0 Å². The van der Waals surface area contributed by atoms with E-state index in [0.717, 1.165) is 5.76 Å². The van der Waals surface area contributed by atoms with Crippen LogP contribution in [0, 0.1) is 0 Å². The van der Waals surface area contributed by atoms with Crippen LogP contribution in [0.15, 0.2) is 22.8 Å². The van der Waals surface area contributed by atoms with Gasteiger partial charge in [-0.1, -0.05) is 0 Å². The van der Waals surface area contributed by atoms with Crippen molar-refractivity contribution in [3.8, 4) is 0 Å². The fourth-order valence-electron chi connectivity index (χ4n) is 1.35. The van der Waals surface area contributed by atoms with Crippen LogP contribution in [0.4, 0.5) is 0 Å². The van der Waals surface area contributed by atoms with E-state index < -0.39 is 0 Å². The molecule has 0 aliphatic carbocycles. The second-order valence-corrected chi connectivity index (χ2v) is 4.92. The maximum Gasteiger partial charge on any atom is 0.234 e. The summed E-state index contributed by atoms with van der Waals surface area (Å²) in [7, 11) is 0. The summed E-state index contributed by atoms with van der Waals surface area (Å²) in [6.07, 6.45) is 1.63. The normalized spacial score (nSPS) is 13.5. The second-order valence-electron chi connectivity index (χ2n) is 4.92. The van der Waals surface area contributed by atoms with Gasteiger partial charge < -0.3 is 9.73 Å². The molecular weight excluding hydrogens is 204 g/mol. The summed E-state index contributed by atoms with van der Waals surface area (Å²) in [5.41, 5.74) is -0.188. The molecule has 1 heterocycles. The molecule has 4 heteroatoms. The van der Waals surface area contributed by atoms with Crippen LogP contribution in [0.3, 0.4) is 0 Å². The molecule has 0 aliphatic rings. The predicted octanol–water partition coefficient (Wildman–Crippen LogP) is 1.84. The molecule has 1 aromatic heterocycles. The van der Waals surface area contributed by atoms with Crippen molar-refractivity contribution in [2.45, 2.75) is 39.3 Å². The minimum Gasteiger partial charge on any atom is -0.468 e. The Labute approximate surface area is 96.4 Å².